The van der Waals surface area contributed by atoms with Gasteiger partial charge in [-0.05, 0) is 48.2 Å². The summed E-state index contributed by atoms with van der Waals surface area (Å²) < 4.78 is 5.58. The lowest BCUT2D eigenvalue weighted by Crippen LogP contribution is -2.25. The van der Waals surface area contributed by atoms with E-state index >= 15 is 0 Å². The number of carbonyl (C=O) groups excluding carboxylic acids is 1. The summed E-state index contributed by atoms with van der Waals surface area (Å²) in [5, 5.41) is 20.4. The number of H-pyrrole nitrogens is 1. The minimum Gasteiger partial charge on any atom is -0.495 e. The van der Waals surface area contributed by atoms with Crippen molar-refractivity contribution in [1.29, 1.82) is 0 Å². The van der Waals surface area contributed by atoms with Crippen molar-refractivity contribution in [3.63, 3.8) is 0 Å². The van der Waals surface area contributed by atoms with E-state index in [9.17, 15) is 9.90 Å². The molecule has 0 radical (unpaired) electrons. The van der Waals surface area contributed by atoms with Crippen molar-refractivity contribution in [1.82, 2.24) is 15.5 Å². The minimum absolute atomic E-state index is 0.000301. The Hall–Kier alpha value is -3.12. The Balaban J connectivity index is 1.72. The lowest BCUT2D eigenvalue weighted by molar-refractivity contribution is 0.0948. The highest BCUT2D eigenvalue weighted by molar-refractivity contribution is 6.05. The summed E-state index contributed by atoms with van der Waals surface area (Å²) in [4.78, 5) is 12.5. The average molecular weight is 363 g/mol. The van der Waals surface area contributed by atoms with Crippen molar-refractivity contribution in [3.8, 4) is 5.75 Å². The molecule has 1 heterocycles. The molecule has 0 aliphatic heterocycles. The number of aliphatic hydroxyl groups excluding tert-OH is 1. The fourth-order valence-electron chi connectivity index (χ4n) is 3.08. The van der Waals surface area contributed by atoms with Crippen LogP contribution in [0.25, 0.3) is 23.1 Å². The van der Waals surface area contributed by atoms with Crippen LogP contribution >= 0.6 is 0 Å². The van der Waals surface area contributed by atoms with Gasteiger partial charge in [-0.15, -0.1) is 0 Å². The highest BCUT2D eigenvalue weighted by atomic mass is 16.5. The van der Waals surface area contributed by atoms with Gasteiger partial charge in [0.05, 0.1) is 35.9 Å². The zero-order valence-corrected chi connectivity index (χ0v) is 15.0. The van der Waals surface area contributed by atoms with E-state index in [1.54, 1.807) is 13.2 Å². The third kappa shape index (κ3) is 3.57. The molecule has 4 rings (SSSR count). The molecule has 1 amide bonds. The van der Waals surface area contributed by atoms with Crippen molar-refractivity contribution in [2.24, 2.45) is 0 Å². The summed E-state index contributed by atoms with van der Waals surface area (Å²) in [5.41, 5.74) is 3.81. The Morgan fingerprint density at radius 1 is 1.33 bits per heavy atom. The van der Waals surface area contributed by atoms with E-state index in [2.05, 4.69) is 15.5 Å². The van der Waals surface area contributed by atoms with Crippen LogP contribution in [0, 0.1) is 0 Å². The lowest BCUT2D eigenvalue weighted by Gasteiger charge is -2.10. The van der Waals surface area contributed by atoms with E-state index < -0.39 is 0 Å². The molecule has 6 heteroatoms. The van der Waals surface area contributed by atoms with Crippen LogP contribution in [0.15, 0.2) is 36.4 Å². The van der Waals surface area contributed by atoms with Crippen LogP contribution in [-0.4, -0.2) is 34.4 Å². The van der Waals surface area contributed by atoms with E-state index in [-0.39, 0.29) is 18.6 Å². The number of nitrogens with zero attached hydrogens (tertiary/aromatic N) is 1. The smallest absolute Gasteiger partial charge is 0.255 e. The van der Waals surface area contributed by atoms with Crippen LogP contribution in [0.3, 0.4) is 0 Å². The number of nitrogens with one attached hydrogen (secondary N) is 2. The number of methoxy groups -OCH3 is 1. The number of rotatable bonds is 6. The Morgan fingerprint density at radius 2 is 2.19 bits per heavy atom. The van der Waals surface area contributed by atoms with Gasteiger partial charge in [0.15, 0.2) is 0 Å². The first-order chi connectivity index (χ1) is 13.2. The SMILES string of the molecule is COc1c(C(=O)NC2CC2)ccc2[nH]nc(C=Cc3cccc(CO)c3)c12. The first-order valence-electron chi connectivity index (χ1n) is 8.93. The molecule has 3 N–H and O–H groups in total. The number of fused-ring (bicyclic) bond motifs is 1. The fraction of sp³-hybridized carbons (Fsp3) is 0.238. The number of hydrogen-bond acceptors (Lipinski definition) is 4. The van der Waals surface area contributed by atoms with Crippen LogP contribution in [-0.2, 0) is 6.61 Å². The number of hydrogen-bond donors (Lipinski definition) is 3. The van der Waals surface area contributed by atoms with E-state index in [0.29, 0.717) is 17.0 Å². The molecule has 0 bridgehead atoms. The summed E-state index contributed by atoms with van der Waals surface area (Å²) in [7, 11) is 1.56. The van der Waals surface area contributed by atoms with E-state index in [0.717, 1.165) is 34.9 Å². The molecule has 1 aliphatic rings. The Morgan fingerprint density at radius 3 is 2.93 bits per heavy atom. The number of aliphatic hydroxyl groups is 1. The zero-order valence-electron chi connectivity index (χ0n) is 15.0. The predicted molar refractivity (Wildman–Crippen MR) is 104 cm³/mol. The molecule has 2 aromatic carbocycles. The second-order valence-electron chi connectivity index (χ2n) is 6.66. The Labute approximate surface area is 156 Å². The molecule has 0 unspecified atom stereocenters. The van der Waals surface area contributed by atoms with Crippen LogP contribution in [0.5, 0.6) is 5.75 Å². The quantitative estimate of drug-likeness (QED) is 0.628. The normalized spacial score (nSPS) is 14.0. The first kappa shape index (κ1) is 17.3. The third-order valence-electron chi connectivity index (χ3n) is 4.64. The van der Waals surface area contributed by atoms with Crippen LogP contribution in [0.2, 0.25) is 0 Å². The van der Waals surface area contributed by atoms with Crippen LogP contribution < -0.4 is 10.1 Å². The maximum absolute atomic E-state index is 12.5. The van der Waals surface area contributed by atoms with Gasteiger partial charge in [-0.2, -0.15) is 5.10 Å². The van der Waals surface area contributed by atoms with Gasteiger partial charge in [0.1, 0.15) is 5.75 Å². The van der Waals surface area contributed by atoms with Gasteiger partial charge in [0.2, 0.25) is 0 Å². The van der Waals surface area contributed by atoms with Crippen molar-refractivity contribution in [2.75, 3.05) is 7.11 Å². The van der Waals surface area contributed by atoms with Crippen LogP contribution in [0.4, 0.5) is 0 Å². The lowest BCUT2D eigenvalue weighted by atomic mass is 10.1. The van der Waals surface area contributed by atoms with Crippen molar-refractivity contribution in [2.45, 2.75) is 25.5 Å². The minimum atomic E-state index is -0.122. The molecule has 1 aliphatic carbocycles. The molecule has 6 nitrogen and oxygen atoms in total. The molecular formula is C21H21N3O3. The van der Waals surface area contributed by atoms with Gasteiger partial charge in [-0.1, -0.05) is 24.3 Å². The topological polar surface area (TPSA) is 87.2 Å². The number of aromatic amines is 1. The average Bonchev–Trinajstić information content (AvgIpc) is 3.42. The Bertz CT molecular complexity index is 1020. The fourth-order valence-corrected chi connectivity index (χ4v) is 3.08. The summed E-state index contributed by atoms with van der Waals surface area (Å²) in [6.45, 7) is 0.000301. The number of amides is 1. The van der Waals surface area contributed by atoms with Gasteiger partial charge in [0, 0.05) is 6.04 Å². The monoisotopic (exact) mass is 363 g/mol. The maximum Gasteiger partial charge on any atom is 0.255 e. The number of ether oxygens (including phenoxy) is 1. The van der Waals surface area contributed by atoms with Crippen molar-refractivity contribution >= 4 is 29.0 Å². The van der Waals surface area contributed by atoms with Gasteiger partial charge in [-0.3, -0.25) is 9.89 Å². The number of aromatic nitrogens is 2. The summed E-state index contributed by atoms with van der Waals surface area (Å²) in [6.07, 6.45) is 5.86. The van der Waals surface area contributed by atoms with Gasteiger partial charge in [0.25, 0.3) is 5.91 Å². The maximum atomic E-state index is 12.5. The third-order valence-corrected chi connectivity index (χ3v) is 4.64. The van der Waals surface area contributed by atoms with Gasteiger partial charge < -0.3 is 15.2 Å². The predicted octanol–water partition coefficient (Wildman–Crippen LogP) is 3.13. The van der Waals surface area contributed by atoms with E-state index in [1.165, 1.54) is 0 Å². The van der Waals surface area contributed by atoms with Crippen molar-refractivity contribution in [3.05, 3.63) is 58.8 Å². The molecule has 1 fully saturated rings. The molecule has 0 atom stereocenters. The standard InChI is InChI=1S/C21H21N3O3/c1-27-20-16(21(26)22-15-6-7-15)8-10-18-19(20)17(23-24-18)9-5-13-3-2-4-14(11-13)12-25/h2-5,8-11,15,25H,6-7,12H2,1H3,(H,22,26)(H,23,24). The molecule has 1 saturated carbocycles. The van der Waals surface area contributed by atoms with E-state index in [4.69, 9.17) is 4.74 Å². The molecule has 27 heavy (non-hydrogen) atoms. The Kier molecular flexibility index (Phi) is 4.64. The van der Waals surface area contributed by atoms with E-state index in [1.807, 2.05) is 42.5 Å². The molecule has 138 valence electrons. The molecule has 3 aromatic rings. The highest BCUT2D eigenvalue weighted by Gasteiger charge is 2.26. The van der Waals surface area contributed by atoms with Crippen LogP contribution in [0.1, 0.15) is 40.0 Å². The number of carbonyl (C=O) groups is 1. The zero-order chi connectivity index (χ0) is 18.8. The largest absolute Gasteiger partial charge is 0.495 e. The first-order valence-corrected chi connectivity index (χ1v) is 8.93. The summed E-state index contributed by atoms with van der Waals surface area (Å²) in [6, 6.07) is 11.5. The second kappa shape index (κ2) is 7.25. The van der Waals surface area contributed by atoms with Gasteiger partial charge >= 0.3 is 0 Å². The molecule has 0 spiro atoms. The summed E-state index contributed by atoms with van der Waals surface area (Å²) in [5.74, 6) is 0.395. The summed E-state index contributed by atoms with van der Waals surface area (Å²) >= 11 is 0. The van der Waals surface area contributed by atoms with Crippen molar-refractivity contribution < 1.29 is 14.6 Å². The number of benzene rings is 2. The highest BCUT2D eigenvalue weighted by Crippen LogP contribution is 2.33. The molecular weight excluding hydrogens is 342 g/mol. The second-order valence-corrected chi connectivity index (χ2v) is 6.66. The molecule has 0 saturated heterocycles. The molecule has 1 aromatic heterocycles. The van der Waals surface area contributed by atoms with Gasteiger partial charge in [-0.25, -0.2) is 0 Å².